The van der Waals surface area contributed by atoms with E-state index in [1.807, 2.05) is 0 Å². The Balaban J connectivity index is 2.48. The van der Waals surface area contributed by atoms with Crippen LogP contribution < -0.4 is 5.14 Å². The molecular formula is C5H9NO2S. The summed E-state index contributed by atoms with van der Waals surface area (Å²) in [5.74, 6) is 0.475. The summed E-state index contributed by atoms with van der Waals surface area (Å²) in [6, 6.07) is 0. The summed E-state index contributed by atoms with van der Waals surface area (Å²) in [5, 5.41) is 5.77. The molecule has 3 nitrogen and oxygen atoms in total. The third kappa shape index (κ3) is 3.26. The van der Waals surface area contributed by atoms with Crippen molar-refractivity contribution in [3.8, 4) is 0 Å². The molecule has 0 spiro atoms. The molecule has 1 fully saturated rings. The van der Waals surface area contributed by atoms with Crippen LogP contribution in [0.15, 0.2) is 11.5 Å². The Labute approximate surface area is 54.6 Å². The second kappa shape index (κ2) is 2.11. The summed E-state index contributed by atoms with van der Waals surface area (Å²) >= 11 is 0. The fraction of sp³-hybridized carbons (Fsp3) is 0.600. The molecule has 0 amide bonds. The van der Waals surface area contributed by atoms with Gasteiger partial charge in [0.05, 0.1) is 0 Å². The van der Waals surface area contributed by atoms with E-state index in [-0.39, 0.29) is 0 Å². The molecule has 2 N–H and O–H groups in total. The maximum Gasteiger partial charge on any atom is 0.230 e. The maximum absolute atomic E-state index is 10.3. The Morgan fingerprint density at radius 1 is 1.44 bits per heavy atom. The van der Waals surface area contributed by atoms with Crippen molar-refractivity contribution in [3.63, 3.8) is 0 Å². The van der Waals surface area contributed by atoms with E-state index in [2.05, 4.69) is 0 Å². The van der Waals surface area contributed by atoms with Gasteiger partial charge in [-0.3, -0.25) is 0 Å². The highest BCUT2D eigenvalue weighted by Gasteiger charge is 2.17. The number of sulfonamides is 1. The first-order chi connectivity index (χ1) is 4.08. The molecule has 1 aliphatic carbocycles. The molecule has 0 unspecified atom stereocenters. The van der Waals surface area contributed by atoms with Gasteiger partial charge in [-0.05, 0) is 18.8 Å². The van der Waals surface area contributed by atoms with Crippen molar-refractivity contribution in [1.82, 2.24) is 0 Å². The van der Waals surface area contributed by atoms with Crippen molar-refractivity contribution >= 4 is 10.0 Å². The van der Waals surface area contributed by atoms with E-state index in [9.17, 15) is 8.42 Å². The number of rotatable bonds is 2. The highest BCUT2D eigenvalue weighted by atomic mass is 32.2. The zero-order valence-corrected chi connectivity index (χ0v) is 5.76. The van der Waals surface area contributed by atoms with Crippen molar-refractivity contribution in [2.75, 3.05) is 0 Å². The van der Waals surface area contributed by atoms with E-state index in [0.717, 1.165) is 18.2 Å². The van der Waals surface area contributed by atoms with Gasteiger partial charge < -0.3 is 0 Å². The van der Waals surface area contributed by atoms with Crippen molar-refractivity contribution in [3.05, 3.63) is 11.5 Å². The summed E-state index contributed by atoms with van der Waals surface area (Å²) in [6.07, 6.45) is 3.85. The lowest BCUT2D eigenvalue weighted by Gasteiger charge is -1.82. The standard InChI is InChI=1S/C5H9NO2S/c6-9(7,8)4-3-5-1-2-5/h3-5H,1-2H2,(H2,6,7,8). The Bertz CT molecular complexity index is 213. The average molecular weight is 147 g/mol. The van der Waals surface area contributed by atoms with Gasteiger partial charge in [0.2, 0.25) is 10.0 Å². The summed E-state index contributed by atoms with van der Waals surface area (Å²) in [4.78, 5) is 0. The summed E-state index contributed by atoms with van der Waals surface area (Å²) in [5.41, 5.74) is 0. The van der Waals surface area contributed by atoms with Crippen LogP contribution in [0, 0.1) is 5.92 Å². The number of hydrogen-bond acceptors (Lipinski definition) is 2. The van der Waals surface area contributed by atoms with Crippen LogP contribution in [0.5, 0.6) is 0 Å². The largest absolute Gasteiger partial charge is 0.230 e. The van der Waals surface area contributed by atoms with E-state index in [0.29, 0.717) is 5.92 Å². The van der Waals surface area contributed by atoms with Gasteiger partial charge in [-0.2, -0.15) is 0 Å². The van der Waals surface area contributed by atoms with Crippen molar-refractivity contribution in [1.29, 1.82) is 0 Å². The van der Waals surface area contributed by atoms with Gasteiger partial charge in [0.1, 0.15) is 0 Å². The lowest BCUT2D eigenvalue weighted by Crippen LogP contribution is -2.06. The zero-order valence-electron chi connectivity index (χ0n) is 4.95. The molecule has 0 bridgehead atoms. The fourth-order valence-electron chi connectivity index (χ4n) is 0.509. The van der Waals surface area contributed by atoms with Crippen LogP contribution in [0.2, 0.25) is 0 Å². The minimum atomic E-state index is -3.36. The minimum Gasteiger partial charge on any atom is -0.225 e. The molecule has 0 saturated heterocycles. The lowest BCUT2D eigenvalue weighted by atomic mass is 10.4. The van der Waals surface area contributed by atoms with E-state index >= 15 is 0 Å². The summed E-state index contributed by atoms with van der Waals surface area (Å²) in [6.45, 7) is 0. The van der Waals surface area contributed by atoms with E-state index in [1.54, 1.807) is 6.08 Å². The van der Waals surface area contributed by atoms with Crippen LogP contribution in [0.3, 0.4) is 0 Å². The first-order valence-electron chi connectivity index (χ1n) is 2.79. The highest BCUT2D eigenvalue weighted by molar-refractivity contribution is 7.92. The van der Waals surface area contributed by atoms with Gasteiger partial charge in [0.25, 0.3) is 0 Å². The minimum absolute atomic E-state index is 0.475. The molecule has 0 heterocycles. The Morgan fingerprint density at radius 2 is 2.00 bits per heavy atom. The molecule has 1 saturated carbocycles. The third-order valence-electron chi connectivity index (χ3n) is 1.16. The molecule has 0 aromatic rings. The average Bonchev–Trinajstić information content (AvgIpc) is 2.38. The SMILES string of the molecule is NS(=O)(=O)C=CC1CC1. The monoisotopic (exact) mass is 147 g/mol. The third-order valence-corrected chi connectivity index (χ3v) is 1.70. The zero-order chi connectivity index (χ0) is 6.91. The van der Waals surface area contributed by atoms with Crippen molar-refractivity contribution in [2.45, 2.75) is 12.8 Å². The highest BCUT2D eigenvalue weighted by Crippen LogP contribution is 2.30. The first-order valence-corrected chi connectivity index (χ1v) is 4.40. The first kappa shape index (κ1) is 6.77. The second-order valence-electron chi connectivity index (χ2n) is 2.25. The summed E-state index contributed by atoms with van der Waals surface area (Å²) in [7, 11) is -3.36. The second-order valence-corrected chi connectivity index (χ2v) is 3.71. The van der Waals surface area contributed by atoms with E-state index < -0.39 is 10.0 Å². The van der Waals surface area contributed by atoms with Gasteiger partial charge in [-0.15, -0.1) is 0 Å². The molecule has 0 aromatic heterocycles. The Morgan fingerprint density at radius 3 is 2.33 bits per heavy atom. The van der Waals surface area contributed by atoms with Crippen LogP contribution in [0.1, 0.15) is 12.8 Å². The van der Waals surface area contributed by atoms with E-state index in [4.69, 9.17) is 5.14 Å². The molecule has 4 heteroatoms. The van der Waals surface area contributed by atoms with Gasteiger partial charge in [0, 0.05) is 5.41 Å². The van der Waals surface area contributed by atoms with E-state index in [1.165, 1.54) is 0 Å². The summed E-state index contributed by atoms with van der Waals surface area (Å²) < 4.78 is 20.5. The molecule has 0 atom stereocenters. The van der Waals surface area contributed by atoms with Crippen LogP contribution in [-0.2, 0) is 10.0 Å². The van der Waals surface area contributed by atoms with Gasteiger partial charge in [-0.25, -0.2) is 13.6 Å². The normalized spacial score (nSPS) is 21.0. The predicted octanol–water partition coefficient (Wildman–Crippen LogP) is 0.199. The molecule has 1 aliphatic rings. The van der Waals surface area contributed by atoms with Crippen LogP contribution >= 0.6 is 0 Å². The molecular weight excluding hydrogens is 138 g/mol. The Hall–Kier alpha value is -0.350. The van der Waals surface area contributed by atoms with Crippen LogP contribution in [0.4, 0.5) is 0 Å². The topological polar surface area (TPSA) is 60.2 Å². The number of primary sulfonamides is 1. The molecule has 0 aliphatic heterocycles. The number of allylic oxidation sites excluding steroid dienone is 1. The van der Waals surface area contributed by atoms with Crippen molar-refractivity contribution in [2.24, 2.45) is 11.1 Å². The van der Waals surface area contributed by atoms with Crippen LogP contribution in [0.25, 0.3) is 0 Å². The molecule has 0 radical (unpaired) electrons. The Kier molecular flexibility index (Phi) is 1.59. The quantitative estimate of drug-likeness (QED) is 0.606. The number of hydrogen-bond donors (Lipinski definition) is 1. The lowest BCUT2D eigenvalue weighted by molar-refractivity contribution is 0.606. The van der Waals surface area contributed by atoms with Crippen molar-refractivity contribution < 1.29 is 8.42 Å². The van der Waals surface area contributed by atoms with Gasteiger partial charge in [0.15, 0.2) is 0 Å². The predicted molar refractivity (Wildman–Crippen MR) is 35.0 cm³/mol. The van der Waals surface area contributed by atoms with Crippen LogP contribution in [-0.4, -0.2) is 8.42 Å². The van der Waals surface area contributed by atoms with Gasteiger partial charge >= 0.3 is 0 Å². The van der Waals surface area contributed by atoms with Gasteiger partial charge in [-0.1, -0.05) is 6.08 Å². The molecule has 9 heavy (non-hydrogen) atoms. The fourth-order valence-corrected chi connectivity index (χ4v) is 0.951. The maximum atomic E-state index is 10.3. The number of nitrogens with two attached hydrogens (primary N) is 1. The smallest absolute Gasteiger partial charge is 0.225 e. The molecule has 1 rings (SSSR count). The molecule has 52 valence electrons. The molecule has 0 aromatic carbocycles.